The van der Waals surface area contributed by atoms with Crippen molar-refractivity contribution in [2.45, 2.75) is 31.9 Å². The van der Waals surface area contributed by atoms with Crippen LogP contribution in [0.25, 0.3) is 0 Å². The summed E-state index contributed by atoms with van der Waals surface area (Å²) in [7, 11) is 0. The molecule has 2 atom stereocenters. The van der Waals surface area contributed by atoms with E-state index in [1.54, 1.807) is 0 Å². The zero-order valence-corrected chi connectivity index (χ0v) is 9.26. The summed E-state index contributed by atoms with van der Waals surface area (Å²) in [5, 5.41) is 10.2. The first kappa shape index (κ1) is 10.7. The highest BCUT2D eigenvalue weighted by Gasteiger charge is 2.24. The van der Waals surface area contributed by atoms with Gasteiger partial charge in [-0.1, -0.05) is 30.3 Å². The number of aliphatic hydroxyl groups excluding tert-OH is 1. The Labute approximate surface area is 91.5 Å². The molecule has 0 radical (unpaired) electrons. The lowest BCUT2D eigenvalue weighted by molar-refractivity contribution is 0.0716. The van der Waals surface area contributed by atoms with Gasteiger partial charge in [0.25, 0.3) is 0 Å². The van der Waals surface area contributed by atoms with E-state index >= 15 is 0 Å². The Kier molecular flexibility index (Phi) is 3.39. The van der Waals surface area contributed by atoms with E-state index < -0.39 is 0 Å². The zero-order valence-electron chi connectivity index (χ0n) is 9.26. The van der Waals surface area contributed by atoms with Gasteiger partial charge in [-0.3, -0.25) is 4.90 Å². The molecule has 2 rings (SSSR count). The predicted molar refractivity (Wildman–Crippen MR) is 61.7 cm³/mol. The highest BCUT2D eigenvalue weighted by atomic mass is 16.3. The van der Waals surface area contributed by atoms with Gasteiger partial charge in [-0.2, -0.15) is 0 Å². The fourth-order valence-electron chi connectivity index (χ4n) is 2.28. The lowest BCUT2D eigenvalue weighted by atomic mass is 10.0. The van der Waals surface area contributed by atoms with Gasteiger partial charge < -0.3 is 5.11 Å². The minimum atomic E-state index is -0.357. The van der Waals surface area contributed by atoms with E-state index in [-0.39, 0.29) is 12.1 Å². The number of benzene rings is 1. The third kappa shape index (κ3) is 2.39. The summed E-state index contributed by atoms with van der Waals surface area (Å²) >= 11 is 0. The van der Waals surface area contributed by atoms with Gasteiger partial charge in [0.1, 0.15) is 0 Å². The normalized spacial score (nSPS) is 21.5. The van der Waals surface area contributed by atoms with Crippen molar-refractivity contribution in [2.75, 3.05) is 13.1 Å². The van der Waals surface area contributed by atoms with Crippen LogP contribution in [0.5, 0.6) is 0 Å². The first-order valence-electron chi connectivity index (χ1n) is 5.76. The molecule has 1 aromatic carbocycles. The lowest BCUT2D eigenvalue weighted by Crippen LogP contribution is -2.35. The molecule has 0 saturated carbocycles. The Morgan fingerprint density at radius 2 is 1.73 bits per heavy atom. The fraction of sp³-hybridized carbons (Fsp3) is 0.538. The number of likely N-dealkylation sites (tertiary alicyclic amines) is 1. The summed E-state index contributed by atoms with van der Waals surface area (Å²) in [4.78, 5) is 2.37. The Hall–Kier alpha value is -0.860. The van der Waals surface area contributed by atoms with E-state index in [0.717, 1.165) is 18.7 Å². The molecule has 1 heterocycles. The van der Waals surface area contributed by atoms with Gasteiger partial charge in [0.05, 0.1) is 6.10 Å². The lowest BCUT2D eigenvalue weighted by Gasteiger charge is -2.28. The van der Waals surface area contributed by atoms with Crippen LogP contribution in [-0.2, 0) is 0 Å². The molecule has 1 N–H and O–H groups in total. The highest BCUT2D eigenvalue weighted by molar-refractivity contribution is 5.18. The van der Waals surface area contributed by atoms with Gasteiger partial charge >= 0.3 is 0 Å². The van der Waals surface area contributed by atoms with Gasteiger partial charge in [0, 0.05) is 6.04 Å². The first-order valence-corrected chi connectivity index (χ1v) is 5.76. The number of hydrogen-bond acceptors (Lipinski definition) is 2. The third-order valence-corrected chi connectivity index (χ3v) is 3.31. The van der Waals surface area contributed by atoms with Crippen LogP contribution in [0.1, 0.15) is 31.4 Å². The van der Waals surface area contributed by atoms with Gasteiger partial charge in [-0.15, -0.1) is 0 Å². The van der Waals surface area contributed by atoms with Gasteiger partial charge in [0.2, 0.25) is 0 Å². The summed E-state index contributed by atoms with van der Waals surface area (Å²) in [5.74, 6) is 0. The van der Waals surface area contributed by atoms with E-state index in [0.29, 0.717) is 0 Å². The smallest absolute Gasteiger partial charge is 0.0942 e. The number of rotatable bonds is 3. The Morgan fingerprint density at radius 1 is 1.13 bits per heavy atom. The summed E-state index contributed by atoms with van der Waals surface area (Å²) < 4.78 is 0. The molecule has 2 nitrogen and oxygen atoms in total. The van der Waals surface area contributed by atoms with Crippen molar-refractivity contribution < 1.29 is 5.11 Å². The molecule has 1 aliphatic heterocycles. The van der Waals surface area contributed by atoms with E-state index in [2.05, 4.69) is 11.8 Å². The molecular weight excluding hydrogens is 186 g/mol. The van der Waals surface area contributed by atoms with Gasteiger partial charge in [-0.25, -0.2) is 0 Å². The largest absolute Gasteiger partial charge is 0.387 e. The van der Waals surface area contributed by atoms with Gasteiger partial charge in [-0.05, 0) is 38.4 Å². The molecular formula is C13H19NO. The van der Waals surface area contributed by atoms with Crippen molar-refractivity contribution >= 4 is 0 Å². The summed E-state index contributed by atoms with van der Waals surface area (Å²) in [6.45, 7) is 4.37. The van der Waals surface area contributed by atoms with E-state index in [1.807, 2.05) is 30.3 Å². The van der Waals surface area contributed by atoms with Crippen molar-refractivity contribution in [3.8, 4) is 0 Å². The monoisotopic (exact) mass is 205 g/mol. The van der Waals surface area contributed by atoms with Crippen molar-refractivity contribution in [2.24, 2.45) is 0 Å². The maximum absolute atomic E-state index is 10.2. The van der Waals surface area contributed by atoms with E-state index in [9.17, 15) is 5.11 Å². The van der Waals surface area contributed by atoms with Crippen LogP contribution in [0.2, 0.25) is 0 Å². The Balaban J connectivity index is 2.03. The number of hydrogen-bond donors (Lipinski definition) is 1. The van der Waals surface area contributed by atoms with Crippen molar-refractivity contribution in [1.82, 2.24) is 4.90 Å². The molecule has 15 heavy (non-hydrogen) atoms. The molecule has 0 unspecified atom stereocenters. The van der Waals surface area contributed by atoms with Crippen molar-refractivity contribution in [3.05, 3.63) is 35.9 Å². The number of nitrogens with zero attached hydrogens (tertiary/aromatic N) is 1. The molecule has 2 heteroatoms. The first-order chi connectivity index (χ1) is 7.29. The fourth-order valence-corrected chi connectivity index (χ4v) is 2.28. The standard InChI is InChI=1S/C13H19NO/c1-11(14-9-5-6-10-14)13(15)12-7-3-2-4-8-12/h2-4,7-8,11,13,15H,5-6,9-10H2,1H3/t11-,13+/m1/s1. The minimum Gasteiger partial charge on any atom is -0.387 e. The van der Waals surface area contributed by atoms with E-state index in [4.69, 9.17) is 0 Å². The molecule has 0 spiro atoms. The quantitative estimate of drug-likeness (QED) is 0.817. The molecule has 1 aromatic rings. The second-order valence-corrected chi connectivity index (χ2v) is 4.34. The van der Waals surface area contributed by atoms with E-state index in [1.165, 1.54) is 12.8 Å². The van der Waals surface area contributed by atoms with Gasteiger partial charge in [0.15, 0.2) is 0 Å². The molecule has 0 amide bonds. The summed E-state index contributed by atoms with van der Waals surface area (Å²) in [5.41, 5.74) is 1.02. The Bertz CT molecular complexity index is 293. The van der Waals surface area contributed by atoms with Crippen LogP contribution in [0.15, 0.2) is 30.3 Å². The molecule has 0 aliphatic carbocycles. The summed E-state index contributed by atoms with van der Waals surface area (Å²) in [6, 6.07) is 10.2. The average Bonchev–Trinajstić information content (AvgIpc) is 2.82. The highest BCUT2D eigenvalue weighted by Crippen LogP contribution is 2.23. The van der Waals surface area contributed by atoms with Crippen LogP contribution in [0, 0.1) is 0 Å². The zero-order chi connectivity index (χ0) is 10.7. The SMILES string of the molecule is C[C@H]([C@H](O)c1ccccc1)N1CCCC1. The molecule has 1 fully saturated rings. The van der Waals surface area contributed by atoms with Crippen molar-refractivity contribution in [1.29, 1.82) is 0 Å². The molecule has 1 aliphatic rings. The molecule has 82 valence electrons. The molecule has 0 aromatic heterocycles. The van der Waals surface area contributed by atoms with Crippen LogP contribution >= 0.6 is 0 Å². The topological polar surface area (TPSA) is 23.5 Å². The predicted octanol–water partition coefficient (Wildman–Crippen LogP) is 2.20. The molecule has 0 bridgehead atoms. The average molecular weight is 205 g/mol. The second-order valence-electron chi connectivity index (χ2n) is 4.34. The number of aliphatic hydroxyl groups is 1. The minimum absolute atomic E-state index is 0.231. The van der Waals surface area contributed by atoms with Crippen molar-refractivity contribution in [3.63, 3.8) is 0 Å². The Morgan fingerprint density at radius 3 is 2.33 bits per heavy atom. The maximum atomic E-state index is 10.2. The third-order valence-electron chi connectivity index (χ3n) is 3.31. The second kappa shape index (κ2) is 4.77. The van der Waals surface area contributed by atoms with Crippen LogP contribution < -0.4 is 0 Å². The van der Waals surface area contributed by atoms with Crippen LogP contribution in [0.4, 0.5) is 0 Å². The summed E-state index contributed by atoms with van der Waals surface area (Å²) in [6.07, 6.45) is 2.18. The van der Waals surface area contributed by atoms with Crippen LogP contribution in [-0.4, -0.2) is 29.1 Å². The van der Waals surface area contributed by atoms with Crippen LogP contribution in [0.3, 0.4) is 0 Å². The molecule has 1 saturated heterocycles. The maximum Gasteiger partial charge on any atom is 0.0942 e.